The lowest BCUT2D eigenvalue weighted by Crippen LogP contribution is -2.66. The molecule has 1 saturated carbocycles. The van der Waals surface area contributed by atoms with Crippen molar-refractivity contribution in [2.24, 2.45) is 35.0 Å². The van der Waals surface area contributed by atoms with Crippen LogP contribution in [0.25, 0.3) is 0 Å². The molecule has 4 aliphatic rings. The molecule has 0 radical (unpaired) electrons. The van der Waals surface area contributed by atoms with Crippen LogP contribution in [0, 0.1) is 35.0 Å². The minimum Gasteiger partial charge on any atom is -0.407 e. The van der Waals surface area contributed by atoms with Gasteiger partial charge in [0.25, 0.3) is 8.32 Å². The van der Waals surface area contributed by atoms with Crippen molar-refractivity contribution in [2.75, 3.05) is 54.0 Å². The van der Waals surface area contributed by atoms with E-state index in [1.165, 1.54) is 10.4 Å². The predicted octanol–water partition coefficient (Wildman–Crippen LogP) is 4.91. The minimum absolute atomic E-state index is 0.0860. The Balaban J connectivity index is 1.38. The van der Waals surface area contributed by atoms with E-state index in [2.05, 4.69) is 75.4 Å². The van der Waals surface area contributed by atoms with Crippen molar-refractivity contribution in [1.82, 2.24) is 0 Å². The Labute approximate surface area is 298 Å². The number of ether oxygens (including phenoxy) is 6. The molecule has 2 aromatic carbocycles. The standard InChI is InChI=1S/C40H54O9Si/c1-38(2,3)50(31-12-8-6-9-13-31,32-14-10-7-11-15-32)48-21-18-39-25-30(26-41)34(27-42)36-33-17-20-47-40(36,49-37(39)44-5)35(39)24-29(33)16-19-45-28-46-23-22-43-4/h6-15,24,26-27,29-30,33-34,36-37H,16-23,25,28H2,1-5H3/t29-,30-,33+,34-,36+,37+,39+,40+/m0/s1. The molecule has 2 saturated heterocycles. The van der Waals surface area contributed by atoms with Gasteiger partial charge in [-0.2, -0.15) is 0 Å². The molecule has 50 heavy (non-hydrogen) atoms. The van der Waals surface area contributed by atoms with Crippen LogP contribution in [-0.2, 0) is 42.4 Å². The van der Waals surface area contributed by atoms with Crippen molar-refractivity contribution in [3.05, 3.63) is 72.3 Å². The molecule has 272 valence electrons. The Hall–Kier alpha value is -2.54. The second-order valence-corrected chi connectivity index (χ2v) is 19.6. The molecular weight excluding hydrogens is 653 g/mol. The first-order valence-corrected chi connectivity index (χ1v) is 20.0. The van der Waals surface area contributed by atoms with Gasteiger partial charge in [0, 0.05) is 38.6 Å². The van der Waals surface area contributed by atoms with E-state index < -0.39 is 37.6 Å². The van der Waals surface area contributed by atoms with Crippen molar-refractivity contribution in [3.8, 4) is 0 Å². The molecule has 0 unspecified atom stereocenters. The lowest BCUT2D eigenvalue weighted by molar-refractivity contribution is -0.324. The van der Waals surface area contributed by atoms with Gasteiger partial charge in [0.05, 0.1) is 31.8 Å². The molecule has 10 heteroatoms. The van der Waals surface area contributed by atoms with E-state index in [0.29, 0.717) is 45.9 Å². The molecule has 5 bridgehead atoms. The van der Waals surface area contributed by atoms with Crippen LogP contribution in [0.1, 0.15) is 46.5 Å². The van der Waals surface area contributed by atoms with E-state index in [1.54, 1.807) is 14.2 Å². The average molecular weight is 707 g/mol. The quantitative estimate of drug-likeness (QED) is 0.0748. The first kappa shape index (κ1) is 37.2. The van der Waals surface area contributed by atoms with Crippen molar-refractivity contribution in [3.63, 3.8) is 0 Å². The summed E-state index contributed by atoms with van der Waals surface area (Å²) in [6.07, 6.45) is 6.09. The summed E-state index contributed by atoms with van der Waals surface area (Å²) in [7, 11) is 0.446. The van der Waals surface area contributed by atoms with Crippen LogP contribution in [0.15, 0.2) is 72.3 Å². The topological polar surface area (TPSA) is 98.8 Å². The van der Waals surface area contributed by atoms with Gasteiger partial charge >= 0.3 is 0 Å². The number of carbonyl (C=O) groups is 2. The van der Waals surface area contributed by atoms with Gasteiger partial charge in [-0.3, -0.25) is 0 Å². The third-order valence-corrected chi connectivity index (χ3v) is 16.8. The van der Waals surface area contributed by atoms with Gasteiger partial charge in [0.15, 0.2) is 12.1 Å². The SMILES string of the molecule is COCCOCOCC[C@H]1C=C2[C@@]3(CCO[Si](c4ccccc4)(c4ccccc4)C(C)(C)C)C[C@@H](C=O)[C@H](C=O)[C@H]4[C@@H]1CCO[C@@]24O[C@H]3OC. The van der Waals surface area contributed by atoms with Crippen molar-refractivity contribution in [1.29, 1.82) is 0 Å². The molecule has 6 rings (SSSR count). The molecule has 0 amide bonds. The largest absolute Gasteiger partial charge is 0.407 e. The van der Waals surface area contributed by atoms with Gasteiger partial charge in [-0.15, -0.1) is 0 Å². The van der Waals surface area contributed by atoms with E-state index in [-0.39, 0.29) is 29.6 Å². The molecular formula is C40H54O9Si. The second kappa shape index (κ2) is 15.6. The Kier molecular flexibility index (Phi) is 11.6. The molecule has 2 heterocycles. The first-order chi connectivity index (χ1) is 24.2. The van der Waals surface area contributed by atoms with Crippen LogP contribution in [0.2, 0.25) is 5.04 Å². The summed E-state index contributed by atoms with van der Waals surface area (Å²) in [6, 6.07) is 21.2. The molecule has 3 fully saturated rings. The normalized spacial score (nSPS) is 31.9. The lowest BCUT2D eigenvalue weighted by Gasteiger charge is -2.52. The van der Waals surface area contributed by atoms with Crippen LogP contribution in [0.4, 0.5) is 0 Å². The van der Waals surface area contributed by atoms with Gasteiger partial charge in [-0.25, -0.2) is 0 Å². The number of aldehydes is 2. The molecule has 8 atom stereocenters. The fourth-order valence-electron chi connectivity index (χ4n) is 9.69. The minimum atomic E-state index is -2.86. The number of benzene rings is 2. The summed E-state index contributed by atoms with van der Waals surface area (Å²) in [5.41, 5.74) is 0.258. The fraction of sp³-hybridized carbons (Fsp3) is 0.600. The van der Waals surface area contributed by atoms with E-state index >= 15 is 0 Å². The van der Waals surface area contributed by atoms with E-state index in [4.69, 9.17) is 32.8 Å². The summed E-state index contributed by atoms with van der Waals surface area (Å²) in [6.45, 7) is 9.38. The highest BCUT2D eigenvalue weighted by Gasteiger charge is 2.72. The molecule has 1 spiro atoms. The molecule has 2 aliphatic carbocycles. The highest BCUT2D eigenvalue weighted by atomic mass is 28.4. The van der Waals surface area contributed by atoms with E-state index in [1.807, 2.05) is 12.1 Å². The van der Waals surface area contributed by atoms with Gasteiger partial charge in [0.2, 0.25) is 0 Å². The third kappa shape index (κ3) is 6.40. The van der Waals surface area contributed by atoms with E-state index in [0.717, 1.165) is 31.0 Å². The van der Waals surface area contributed by atoms with Crippen LogP contribution >= 0.6 is 0 Å². The number of hydrogen-bond donors (Lipinski definition) is 0. The highest BCUT2D eigenvalue weighted by molar-refractivity contribution is 6.99. The monoisotopic (exact) mass is 706 g/mol. The van der Waals surface area contributed by atoms with Crippen LogP contribution in [-0.4, -0.2) is 87.0 Å². The number of rotatable bonds is 17. The van der Waals surface area contributed by atoms with Crippen molar-refractivity contribution >= 4 is 31.3 Å². The van der Waals surface area contributed by atoms with E-state index in [9.17, 15) is 9.59 Å². The number of methoxy groups -OCH3 is 2. The summed E-state index contributed by atoms with van der Waals surface area (Å²) in [4.78, 5) is 26.0. The molecule has 0 N–H and O–H groups in total. The summed E-state index contributed by atoms with van der Waals surface area (Å²) < 4.78 is 43.7. The average Bonchev–Trinajstić information content (AvgIpc) is 3.33. The number of carbonyl (C=O) groups excluding carboxylic acids is 2. The molecule has 2 aromatic rings. The smallest absolute Gasteiger partial charge is 0.261 e. The Bertz CT molecular complexity index is 1420. The van der Waals surface area contributed by atoms with Gasteiger partial charge < -0.3 is 42.4 Å². The first-order valence-electron chi connectivity index (χ1n) is 18.1. The van der Waals surface area contributed by atoms with Crippen LogP contribution in [0.5, 0.6) is 0 Å². The van der Waals surface area contributed by atoms with Crippen molar-refractivity contribution in [2.45, 2.75) is 63.6 Å². The maximum atomic E-state index is 13.0. The summed E-state index contributed by atoms with van der Waals surface area (Å²) in [5, 5.41) is 2.20. The zero-order valence-corrected chi connectivity index (χ0v) is 31.2. The fourth-order valence-corrected chi connectivity index (χ4v) is 14.3. The van der Waals surface area contributed by atoms with Crippen molar-refractivity contribution < 1.29 is 42.4 Å². The molecule has 0 aromatic heterocycles. The predicted molar refractivity (Wildman–Crippen MR) is 191 cm³/mol. The molecule has 2 aliphatic heterocycles. The summed E-state index contributed by atoms with van der Waals surface area (Å²) >= 11 is 0. The summed E-state index contributed by atoms with van der Waals surface area (Å²) in [5.74, 6) is -2.31. The number of hydrogen-bond acceptors (Lipinski definition) is 9. The highest BCUT2D eigenvalue weighted by Crippen LogP contribution is 2.68. The van der Waals surface area contributed by atoms with Gasteiger partial charge in [0.1, 0.15) is 19.4 Å². The maximum absolute atomic E-state index is 13.0. The Morgan fingerprint density at radius 3 is 2.18 bits per heavy atom. The zero-order chi connectivity index (χ0) is 35.4. The Morgan fingerprint density at radius 2 is 1.58 bits per heavy atom. The maximum Gasteiger partial charge on any atom is 0.261 e. The van der Waals surface area contributed by atoms with Crippen LogP contribution < -0.4 is 10.4 Å². The zero-order valence-electron chi connectivity index (χ0n) is 30.2. The third-order valence-electron chi connectivity index (χ3n) is 11.8. The van der Waals surface area contributed by atoms with Gasteiger partial charge in [-0.1, -0.05) is 87.5 Å². The Morgan fingerprint density at radius 1 is 0.900 bits per heavy atom. The van der Waals surface area contributed by atoms with Gasteiger partial charge in [-0.05, 0) is 58.5 Å². The number of allylic oxidation sites excluding steroid dienone is 1. The lowest BCUT2D eigenvalue weighted by atomic mass is 9.60. The molecule has 9 nitrogen and oxygen atoms in total. The van der Waals surface area contributed by atoms with Crippen LogP contribution in [0.3, 0.4) is 0 Å². The second-order valence-electron chi connectivity index (χ2n) is 15.3.